The number of rotatable bonds is 9. The molecule has 2 rings (SSSR count). The first-order chi connectivity index (χ1) is 14.6. The highest BCUT2D eigenvalue weighted by molar-refractivity contribution is 7.89. The van der Waals surface area contributed by atoms with Crippen LogP contribution < -0.4 is 10.0 Å². The van der Waals surface area contributed by atoms with Gasteiger partial charge >= 0.3 is 0 Å². The molecule has 1 atom stereocenters. The van der Waals surface area contributed by atoms with Gasteiger partial charge in [0.1, 0.15) is 6.04 Å². The molecule has 0 aliphatic heterocycles. The predicted molar refractivity (Wildman–Crippen MR) is 123 cm³/mol. The lowest BCUT2D eigenvalue weighted by Gasteiger charge is -2.22. The molecule has 0 bridgehead atoms. The van der Waals surface area contributed by atoms with Crippen molar-refractivity contribution in [3.8, 4) is 0 Å². The molecule has 2 N–H and O–H groups in total. The van der Waals surface area contributed by atoms with E-state index in [4.69, 9.17) is 11.6 Å². The average Bonchev–Trinajstić information content (AvgIpc) is 2.73. The Morgan fingerprint density at radius 3 is 2.19 bits per heavy atom. The summed E-state index contributed by atoms with van der Waals surface area (Å²) >= 11 is 5.83. The third-order valence-corrected chi connectivity index (χ3v) is 6.49. The molecule has 0 radical (unpaired) electrons. The lowest BCUT2D eigenvalue weighted by atomic mass is 10.0. The van der Waals surface area contributed by atoms with E-state index in [0.717, 1.165) is 0 Å². The summed E-state index contributed by atoms with van der Waals surface area (Å²) in [6.45, 7) is 8.44. The molecule has 0 spiro atoms. The Bertz CT molecular complexity index is 1020. The van der Waals surface area contributed by atoms with Crippen molar-refractivity contribution in [2.75, 3.05) is 18.4 Å². The molecule has 2 amide bonds. The minimum atomic E-state index is -3.93. The minimum Gasteiger partial charge on any atom is -0.339 e. The summed E-state index contributed by atoms with van der Waals surface area (Å²) in [4.78, 5) is 27.2. The van der Waals surface area contributed by atoms with E-state index in [0.29, 0.717) is 29.4 Å². The van der Waals surface area contributed by atoms with Crippen LogP contribution in [0.3, 0.4) is 0 Å². The number of sulfonamides is 1. The smallest absolute Gasteiger partial charge is 0.253 e. The quantitative estimate of drug-likeness (QED) is 0.589. The summed E-state index contributed by atoms with van der Waals surface area (Å²) in [5.74, 6) is -0.965. The van der Waals surface area contributed by atoms with Crippen LogP contribution in [0.4, 0.5) is 5.69 Å². The highest BCUT2D eigenvalue weighted by atomic mass is 35.5. The zero-order valence-electron chi connectivity index (χ0n) is 18.1. The number of hydrogen-bond donors (Lipinski definition) is 2. The van der Waals surface area contributed by atoms with Crippen LogP contribution in [0, 0.1) is 5.92 Å². The lowest BCUT2D eigenvalue weighted by Crippen LogP contribution is -2.47. The fourth-order valence-electron chi connectivity index (χ4n) is 2.98. The van der Waals surface area contributed by atoms with Crippen molar-refractivity contribution in [3.63, 3.8) is 0 Å². The van der Waals surface area contributed by atoms with Gasteiger partial charge in [0.05, 0.1) is 4.90 Å². The summed E-state index contributed by atoms with van der Waals surface area (Å²) in [5, 5.41) is 3.13. The van der Waals surface area contributed by atoms with Crippen molar-refractivity contribution in [1.82, 2.24) is 9.62 Å². The first-order valence-corrected chi connectivity index (χ1v) is 11.9. The van der Waals surface area contributed by atoms with Gasteiger partial charge in [0.2, 0.25) is 15.9 Å². The van der Waals surface area contributed by atoms with Crippen LogP contribution in [0.5, 0.6) is 0 Å². The maximum Gasteiger partial charge on any atom is 0.253 e. The second-order valence-electron chi connectivity index (χ2n) is 7.34. The van der Waals surface area contributed by atoms with E-state index in [1.807, 2.05) is 13.8 Å². The number of carbonyl (C=O) groups excluding carboxylic acids is 2. The van der Waals surface area contributed by atoms with Crippen LogP contribution in [0.1, 0.15) is 38.1 Å². The van der Waals surface area contributed by atoms with E-state index in [-0.39, 0.29) is 16.7 Å². The molecule has 0 saturated heterocycles. The molecule has 7 nitrogen and oxygen atoms in total. The summed E-state index contributed by atoms with van der Waals surface area (Å²) < 4.78 is 27.9. The van der Waals surface area contributed by atoms with Crippen molar-refractivity contribution in [1.29, 1.82) is 0 Å². The molecule has 0 heterocycles. The number of carbonyl (C=O) groups is 2. The van der Waals surface area contributed by atoms with Crippen molar-refractivity contribution < 1.29 is 18.0 Å². The van der Waals surface area contributed by atoms with Crippen LogP contribution in [0.2, 0.25) is 5.02 Å². The fraction of sp³-hybridized carbons (Fsp3) is 0.364. The van der Waals surface area contributed by atoms with Crippen molar-refractivity contribution in [2.45, 2.75) is 38.6 Å². The fourth-order valence-corrected chi connectivity index (χ4v) is 4.45. The summed E-state index contributed by atoms with van der Waals surface area (Å²) in [6, 6.07) is 11.3. The molecule has 0 aromatic heterocycles. The van der Waals surface area contributed by atoms with E-state index in [1.165, 1.54) is 24.3 Å². The number of nitrogens with zero attached hydrogens (tertiary/aromatic N) is 1. The van der Waals surface area contributed by atoms with Gasteiger partial charge in [0, 0.05) is 29.4 Å². The van der Waals surface area contributed by atoms with Gasteiger partial charge in [-0.15, -0.1) is 0 Å². The van der Waals surface area contributed by atoms with Crippen LogP contribution in [0.25, 0.3) is 0 Å². The Morgan fingerprint density at radius 2 is 1.65 bits per heavy atom. The SMILES string of the molecule is CCN(CC)C(=O)c1cccc(NC(=O)[C@@H](NS(=O)(=O)c2ccc(Cl)cc2)C(C)C)c1. The summed E-state index contributed by atoms with van der Waals surface area (Å²) in [5.41, 5.74) is 0.865. The van der Waals surface area contributed by atoms with Crippen molar-refractivity contribution in [2.24, 2.45) is 5.92 Å². The Kier molecular flexibility index (Phi) is 8.61. The molecule has 9 heteroatoms. The van der Waals surface area contributed by atoms with Crippen LogP contribution in [-0.2, 0) is 14.8 Å². The number of amides is 2. The molecule has 0 unspecified atom stereocenters. The normalized spacial score (nSPS) is 12.5. The third kappa shape index (κ3) is 6.53. The van der Waals surface area contributed by atoms with Gasteiger partial charge in [-0.3, -0.25) is 9.59 Å². The monoisotopic (exact) mass is 465 g/mol. The molecule has 31 heavy (non-hydrogen) atoms. The van der Waals surface area contributed by atoms with E-state index in [1.54, 1.807) is 43.0 Å². The lowest BCUT2D eigenvalue weighted by molar-refractivity contribution is -0.118. The molecule has 168 valence electrons. The Balaban J connectivity index is 2.20. The molecular formula is C22H28ClN3O4S. The first kappa shape index (κ1) is 24.8. The topological polar surface area (TPSA) is 95.6 Å². The molecule has 0 aliphatic carbocycles. The molecule has 0 aliphatic rings. The number of hydrogen-bond acceptors (Lipinski definition) is 4. The minimum absolute atomic E-state index is 0.0159. The molecule has 2 aromatic carbocycles. The number of nitrogens with one attached hydrogen (secondary N) is 2. The predicted octanol–water partition coefficient (Wildman–Crippen LogP) is 3.76. The van der Waals surface area contributed by atoms with Crippen LogP contribution in [0.15, 0.2) is 53.4 Å². The Hall–Kier alpha value is -2.42. The van der Waals surface area contributed by atoms with Gasteiger partial charge in [-0.2, -0.15) is 4.72 Å². The van der Waals surface area contributed by atoms with Crippen molar-refractivity contribution >= 4 is 39.1 Å². The van der Waals surface area contributed by atoms with Gasteiger partial charge in [0.25, 0.3) is 5.91 Å². The summed E-state index contributed by atoms with van der Waals surface area (Å²) in [7, 11) is -3.93. The molecule has 0 saturated carbocycles. The molecular weight excluding hydrogens is 438 g/mol. The molecule has 0 fully saturated rings. The number of benzene rings is 2. The first-order valence-electron chi connectivity index (χ1n) is 10.1. The third-order valence-electron chi connectivity index (χ3n) is 4.78. The van der Waals surface area contributed by atoms with E-state index >= 15 is 0 Å². The maximum atomic E-state index is 12.9. The van der Waals surface area contributed by atoms with Crippen LogP contribution >= 0.6 is 11.6 Å². The Labute approximate surface area is 188 Å². The number of halogens is 1. The van der Waals surface area contributed by atoms with E-state index in [2.05, 4.69) is 10.0 Å². The average molecular weight is 466 g/mol. The highest BCUT2D eigenvalue weighted by Crippen LogP contribution is 2.18. The number of anilines is 1. The van der Waals surface area contributed by atoms with E-state index < -0.39 is 22.0 Å². The zero-order valence-corrected chi connectivity index (χ0v) is 19.6. The Morgan fingerprint density at radius 1 is 1.03 bits per heavy atom. The van der Waals surface area contributed by atoms with Gasteiger partial charge in [-0.25, -0.2) is 8.42 Å². The molecule has 2 aromatic rings. The van der Waals surface area contributed by atoms with Gasteiger partial charge in [-0.05, 0) is 62.2 Å². The van der Waals surface area contributed by atoms with E-state index in [9.17, 15) is 18.0 Å². The van der Waals surface area contributed by atoms with Crippen LogP contribution in [-0.4, -0.2) is 44.3 Å². The van der Waals surface area contributed by atoms with Gasteiger partial charge < -0.3 is 10.2 Å². The summed E-state index contributed by atoms with van der Waals surface area (Å²) in [6.07, 6.45) is 0. The van der Waals surface area contributed by atoms with Gasteiger partial charge in [-0.1, -0.05) is 31.5 Å². The van der Waals surface area contributed by atoms with Crippen molar-refractivity contribution in [3.05, 3.63) is 59.1 Å². The second-order valence-corrected chi connectivity index (χ2v) is 9.49. The maximum absolute atomic E-state index is 12.9. The zero-order chi connectivity index (χ0) is 23.2. The second kappa shape index (κ2) is 10.7. The largest absolute Gasteiger partial charge is 0.339 e. The standard InChI is InChI=1S/C22H28ClN3O4S/c1-5-26(6-2)22(28)16-8-7-9-18(14-16)24-21(27)20(15(3)4)25-31(29,30)19-12-10-17(23)11-13-19/h7-15,20,25H,5-6H2,1-4H3,(H,24,27)/t20-/m0/s1. The van der Waals surface area contributed by atoms with Gasteiger partial charge in [0.15, 0.2) is 0 Å². The highest BCUT2D eigenvalue weighted by Gasteiger charge is 2.28.